The van der Waals surface area contributed by atoms with E-state index >= 15 is 0 Å². The molecule has 0 radical (unpaired) electrons. The highest BCUT2D eigenvalue weighted by atomic mass is 19.4. The molecule has 0 atom stereocenters. The number of para-hydroxylation sites is 1. The molecule has 35 heavy (non-hydrogen) atoms. The number of anilines is 3. The summed E-state index contributed by atoms with van der Waals surface area (Å²) < 4.78 is 40.5. The summed E-state index contributed by atoms with van der Waals surface area (Å²) >= 11 is 0. The van der Waals surface area contributed by atoms with Gasteiger partial charge in [-0.05, 0) is 44.2 Å². The second-order valence-corrected chi connectivity index (χ2v) is 8.52. The Morgan fingerprint density at radius 1 is 1.03 bits per heavy atom. The van der Waals surface area contributed by atoms with E-state index in [0.29, 0.717) is 25.9 Å². The van der Waals surface area contributed by atoms with Crippen LogP contribution in [0.4, 0.5) is 30.6 Å². The number of alkyl halides is 3. The van der Waals surface area contributed by atoms with E-state index < -0.39 is 11.7 Å². The van der Waals surface area contributed by atoms with Gasteiger partial charge in [0.1, 0.15) is 11.4 Å². The Balaban J connectivity index is 0.00000210. The Labute approximate surface area is 206 Å². The molecule has 194 valence electrons. The summed E-state index contributed by atoms with van der Waals surface area (Å²) in [7, 11) is 0. The molecule has 1 fully saturated rings. The molecule has 1 amide bonds. The van der Waals surface area contributed by atoms with Crippen molar-refractivity contribution in [1.82, 2.24) is 14.9 Å². The zero-order chi connectivity index (χ0) is 25.8. The smallest absolute Gasteiger partial charge is 0.369 e. The lowest BCUT2D eigenvalue weighted by Gasteiger charge is -2.22. The van der Waals surface area contributed by atoms with Crippen LogP contribution in [-0.4, -0.2) is 40.4 Å². The third-order valence-corrected chi connectivity index (χ3v) is 5.88. The molecule has 1 saturated heterocycles. The fourth-order valence-corrected chi connectivity index (χ4v) is 4.01. The summed E-state index contributed by atoms with van der Waals surface area (Å²) in [6.45, 7) is 9.32. The molecule has 6 nitrogen and oxygen atoms in total. The highest BCUT2D eigenvalue weighted by Crippen LogP contribution is 2.34. The minimum atomic E-state index is -4.57. The zero-order valence-corrected chi connectivity index (χ0v) is 21.3. The molecule has 2 aromatic rings. The second kappa shape index (κ2) is 13.9. The molecule has 2 heterocycles. The number of rotatable bonds is 7. The number of nitrogens with one attached hydrogen (secondary N) is 2. The van der Waals surface area contributed by atoms with E-state index in [2.05, 4.69) is 20.6 Å². The molecule has 2 N–H and O–H groups in total. The first-order chi connectivity index (χ1) is 16.8. The van der Waals surface area contributed by atoms with E-state index in [1.807, 2.05) is 50.8 Å². The Morgan fingerprint density at radius 3 is 2.37 bits per heavy atom. The number of carbonyl (C=O) groups is 1. The first-order valence-electron chi connectivity index (χ1n) is 12.5. The average Bonchev–Trinajstić information content (AvgIpc) is 2.92. The number of hydrogen-bond donors (Lipinski definition) is 2. The van der Waals surface area contributed by atoms with Crippen LogP contribution in [0.15, 0.2) is 24.4 Å². The standard InChI is InChI=1S/C24H32F3N5O.C2H6/c1-17-10-8-11-18(2)21(17)30-23-29-16-19(24(25,26)27)22(31-23)28-13-9-15-32-14-7-5-3-4-6-12-20(32)33;1-2/h8,10-11,16H,3-7,9,12-15H2,1-2H3,(H2,28,29,30,31);1-2H3. The number of amides is 1. The first kappa shape index (κ1) is 28.4. The predicted molar refractivity (Wildman–Crippen MR) is 135 cm³/mol. The van der Waals surface area contributed by atoms with Crippen molar-refractivity contribution in [1.29, 1.82) is 0 Å². The van der Waals surface area contributed by atoms with Crippen LogP contribution in [0.3, 0.4) is 0 Å². The van der Waals surface area contributed by atoms with Gasteiger partial charge >= 0.3 is 6.18 Å². The van der Waals surface area contributed by atoms with E-state index in [4.69, 9.17) is 0 Å². The van der Waals surface area contributed by atoms with Gasteiger partial charge in [0, 0.05) is 37.9 Å². The molecular formula is C26H38F3N5O. The fraction of sp³-hybridized carbons (Fsp3) is 0.577. The minimum absolute atomic E-state index is 0.0955. The van der Waals surface area contributed by atoms with Gasteiger partial charge in [-0.1, -0.05) is 51.3 Å². The molecule has 1 aliphatic rings. The molecule has 0 spiro atoms. The molecule has 3 rings (SSSR count). The molecule has 1 aromatic heterocycles. The van der Waals surface area contributed by atoms with Crippen LogP contribution in [0.25, 0.3) is 0 Å². The SMILES string of the molecule is CC.Cc1cccc(C)c1Nc1ncc(C(F)(F)F)c(NCCCN2CCCCCCCC2=O)n1. The van der Waals surface area contributed by atoms with Gasteiger partial charge in [-0.2, -0.15) is 18.2 Å². The number of aromatic nitrogens is 2. The summed E-state index contributed by atoms with van der Waals surface area (Å²) in [6.07, 6.45) is 2.51. The Morgan fingerprint density at radius 2 is 1.69 bits per heavy atom. The largest absolute Gasteiger partial charge is 0.421 e. The first-order valence-corrected chi connectivity index (χ1v) is 12.5. The van der Waals surface area contributed by atoms with E-state index in [0.717, 1.165) is 55.1 Å². The Kier molecular flexibility index (Phi) is 11.3. The predicted octanol–water partition coefficient (Wildman–Crippen LogP) is 6.87. The highest BCUT2D eigenvalue weighted by Gasteiger charge is 2.35. The topological polar surface area (TPSA) is 70.2 Å². The summed E-state index contributed by atoms with van der Waals surface area (Å²) in [5, 5.41) is 5.86. The Hall–Kier alpha value is -2.84. The van der Waals surface area contributed by atoms with Gasteiger partial charge in [-0.15, -0.1) is 0 Å². The average molecular weight is 494 g/mol. The molecule has 9 heteroatoms. The minimum Gasteiger partial charge on any atom is -0.369 e. The quantitative estimate of drug-likeness (QED) is 0.412. The highest BCUT2D eigenvalue weighted by molar-refractivity contribution is 5.76. The summed E-state index contributed by atoms with van der Waals surface area (Å²) in [4.78, 5) is 22.2. The van der Waals surface area contributed by atoms with Crippen molar-refractivity contribution in [2.24, 2.45) is 0 Å². The van der Waals surface area contributed by atoms with E-state index in [1.165, 1.54) is 0 Å². The summed E-state index contributed by atoms with van der Waals surface area (Å²) in [6, 6.07) is 5.73. The molecule has 1 aliphatic heterocycles. The van der Waals surface area contributed by atoms with Crippen LogP contribution in [0, 0.1) is 13.8 Å². The number of halogens is 3. The summed E-state index contributed by atoms with van der Waals surface area (Å²) in [5.74, 6) is -0.0323. The van der Waals surface area contributed by atoms with Crippen molar-refractivity contribution in [2.75, 3.05) is 30.3 Å². The molecule has 1 aromatic carbocycles. The van der Waals surface area contributed by atoms with Gasteiger partial charge < -0.3 is 15.5 Å². The van der Waals surface area contributed by atoms with Crippen LogP contribution >= 0.6 is 0 Å². The van der Waals surface area contributed by atoms with Crippen molar-refractivity contribution in [2.45, 2.75) is 78.8 Å². The molecule has 0 bridgehead atoms. The lowest BCUT2D eigenvalue weighted by Crippen LogP contribution is -2.33. The third-order valence-electron chi connectivity index (χ3n) is 5.88. The van der Waals surface area contributed by atoms with Crippen molar-refractivity contribution < 1.29 is 18.0 Å². The van der Waals surface area contributed by atoms with Crippen LogP contribution in [0.5, 0.6) is 0 Å². The maximum Gasteiger partial charge on any atom is 0.421 e. The Bertz CT molecular complexity index is 929. The van der Waals surface area contributed by atoms with Crippen LogP contribution in [0.1, 0.15) is 75.5 Å². The van der Waals surface area contributed by atoms with E-state index in [-0.39, 0.29) is 24.2 Å². The molecule has 0 unspecified atom stereocenters. The lowest BCUT2D eigenvalue weighted by atomic mass is 10.1. The van der Waals surface area contributed by atoms with Crippen molar-refractivity contribution in [3.8, 4) is 0 Å². The number of nitrogens with zero attached hydrogens (tertiary/aromatic N) is 3. The van der Waals surface area contributed by atoms with Crippen LogP contribution in [0.2, 0.25) is 0 Å². The number of carbonyl (C=O) groups excluding carboxylic acids is 1. The number of aryl methyl sites for hydroxylation is 2. The van der Waals surface area contributed by atoms with Crippen molar-refractivity contribution in [3.63, 3.8) is 0 Å². The second-order valence-electron chi connectivity index (χ2n) is 8.52. The van der Waals surface area contributed by atoms with Gasteiger partial charge in [0.25, 0.3) is 0 Å². The van der Waals surface area contributed by atoms with Gasteiger partial charge in [0.15, 0.2) is 0 Å². The normalized spacial score (nSPS) is 14.8. The van der Waals surface area contributed by atoms with E-state index in [1.54, 1.807) is 0 Å². The third kappa shape index (κ3) is 8.71. The monoisotopic (exact) mass is 493 g/mol. The molecule has 0 saturated carbocycles. The zero-order valence-electron chi connectivity index (χ0n) is 21.3. The lowest BCUT2D eigenvalue weighted by molar-refractivity contribution is -0.137. The van der Waals surface area contributed by atoms with Gasteiger partial charge in [0.2, 0.25) is 11.9 Å². The van der Waals surface area contributed by atoms with Crippen LogP contribution in [-0.2, 0) is 11.0 Å². The van der Waals surface area contributed by atoms with Gasteiger partial charge in [-0.25, -0.2) is 4.98 Å². The molecular weight excluding hydrogens is 455 g/mol. The van der Waals surface area contributed by atoms with E-state index in [9.17, 15) is 18.0 Å². The van der Waals surface area contributed by atoms with Gasteiger partial charge in [-0.3, -0.25) is 4.79 Å². The number of benzene rings is 1. The van der Waals surface area contributed by atoms with Crippen molar-refractivity contribution >= 4 is 23.4 Å². The molecule has 0 aliphatic carbocycles. The summed E-state index contributed by atoms with van der Waals surface area (Å²) in [5.41, 5.74) is 1.76. The van der Waals surface area contributed by atoms with Gasteiger partial charge in [0.05, 0.1) is 0 Å². The number of hydrogen-bond acceptors (Lipinski definition) is 5. The maximum absolute atomic E-state index is 13.5. The fourth-order valence-electron chi connectivity index (χ4n) is 4.01. The van der Waals surface area contributed by atoms with Crippen molar-refractivity contribution in [3.05, 3.63) is 41.1 Å². The maximum atomic E-state index is 13.5. The van der Waals surface area contributed by atoms with Crippen LogP contribution < -0.4 is 10.6 Å².